The lowest BCUT2D eigenvalue weighted by atomic mass is 9.98. The number of halogens is 1. The molecule has 0 atom stereocenters. The Morgan fingerprint density at radius 3 is 2.51 bits per heavy atom. The zero-order chi connectivity index (χ0) is 30.6. The number of nitrogens with zero attached hydrogens (tertiary/aromatic N) is 7. The van der Waals surface area contributed by atoms with Gasteiger partial charge in [0, 0.05) is 18.5 Å². The highest BCUT2D eigenvalue weighted by Gasteiger charge is 2.16. The fourth-order valence-corrected chi connectivity index (χ4v) is 4.59. The lowest BCUT2D eigenvalue weighted by molar-refractivity contribution is -0.757. The maximum absolute atomic E-state index is 11.8. The molecule has 0 aliphatic heterocycles. The molecule has 0 fully saturated rings. The summed E-state index contributed by atoms with van der Waals surface area (Å²) in [6.45, 7) is 2.11. The molecule has 1 N–H and O–H groups in total. The number of aliphatic hydroxyl groups is 1. The largest absolute Gasteiger partial charge is 0.510 e. The van der Waals surface area contributed by atoms with Gasteiger partial charge in [-0.1, -0.05) is 73.5 Å². The van der Waals surface area contributed by atoms with Crippen LogP contribution in [0.25, 0.3) is 22.5 Å². The Morgan fingerprint density at radius 2 is 1.79 bits per heavy atom. The molecule has 0 amide bonds. The van der Waals surface area contributed by atoms with Gasteiger partial charge >= 0.3 is 6.16 Å². The molecule has 0 spiro atoms. The third-order valence-corrected chi connectivity index (χ3v) is 6.79. The Hall–Kier alpha value is -4.56. The zero-order valence-electron chi connectivity index (χ0n) is 23.6. The summed E-state index contributed by atoms with van der Waals surface area (Å²) in [6, 6.07) is 15.7. The minimum absolute atomic E-state index is 0.0286. The van der Waals surface area contributed by atoms with Crippen LogP contribution < -0.4 is 0 Å². The molecule has 2 heterocycles. The number of hydrogen-bond donors (Lipinski definition) is 1. The van der Waals surface area contributed by atoms with Crippen LogP contribution in [-0.4, -0.2) is 59.3 Å². The minimum atomic E-state index is -0.920. The van der Waals surface area contributed by atoms with Gasteiger partial charge in [-0.25, -0.2) is 9.78 Å². The van der Waals surface area contributed by atoms with Crippen molar-refractivity contribution in [3.05, 3.63) is 80.9 Å². The standard InChI is InChI=1S/C28H32ClN7O7/c1-2-3-10-25-30-26(29)24(18-37)34(25)17-20-11-13-21(14-12-20)22-8-4-5-9-23(22)27-31-33-35(32-27)19-42-28(38)41-15-6-7-16-43-36(39)40/h4-5,8-9,11-14,37H,2-3,6-7,10,15-19H2,1H3. The molecule has 0 saturated carbocycles. The maximum Gasteiger partial charge on any atom is 0.510 e. The number of tetrazole rings is 1. The van der Waals surface area contributed by atoms with Crippen LogP contribution in [0, 0.1) is 10.1 Å². The quantitative estimate of drug-likeness (QED) is 0.0793. The van der Waals surface area contributed by atoms with Gasteiger partial charge in [0.15, 0.2) is 5.15 Å². The average molecular weight is 614 g/mol. The van der Waals surface area contributed by atoms with E-state index in [-0.39, 0.29) is 26.6 Å². The number of aromatic nitrogens is 6. The van der Waals surface area contributed by atoms with E-state index in [0.29, 0.717) is 36.1 Å². The molecule has 228 valence electrons. The third kappa shape index (κ3) is 8.72. The summed E-state index contributed by atoms with van der Waals surface area (Å²) >= 11 is 6.29. The number of benzene rings is 2. The molecule has 15 heteroatoms. The van der Waals surface area contributed by atoms with E-state index in [0.717, 1.165) is 52.1 Å². The lowest BCUT2D eigenvalue weighted by Gasteiger charge is -2.12. The van der Waals surface area contributed by atoms with Crippen molar-refractivity contribution in [3.8, 4) is 22.5 Å². The Morgan fingerprint density at radius 1 is 1.05 bits per heavy atom. The number of imidazole rings is 1. The van der Waals surface area contributed by atoms with Crippen molar-refractivity contribution >= 4 is 17.8 Å². The number of unbranched alkanes of at least 4 members (excludes halogenated alkanes) is 2. The molecule has 0 bridgehead atoms. The summed E-state index contributed by atoms with van der Waals surface area (Å²) in [6.07, 6.45) is 2.61. The molecule has 0 aliphatic rings. The number of aryl methyl sites for hydroxylation is 1. The van der Waals surface area contributed by atoms with Gasteiger partial charge in [0.05, 0.1) is 25.5 Å². The number of carbonyl (C=O) groups is 1. The van der Waals surface area contributed by atoms with Crippen molar-refractivity contribution in [1.82, 2.24) is 29.8 Å². The molecule has 2 aromatic carbocycles. The Bertz CT molecular complexity index is 1510. The Balaban J connectivity index is 1.38. The molecular formula is C28H32ClN7O7. The van der Waals surface area contributed by atoms with Crippen LogP contribution in [0.5, 0.6) is 0 Å². The summed E-state index contributed by atoms with van der Waals surface area (Å²) in [4.78, 5) is 31.7. The molecule has 0 unspecified atom stereocenters. The van der Waals surface area contributed by atoms with Crippen molar-refractivity contribution in [2.75, 3.05) is 13.2 Å². The van der Waals surface area contributed by atoms with E-state index in [1.54, 1.807) is 0 Å². The van der Waals surface area contributed by atoms with Crippen molar-refractivity contribution in [2.24, 2.45) is 0 Å². The second kappa shape index (κ2) is 15.6. The second-order valence-electron chi connectivity index (χ2n) is 9.48. The van der Waals surface area contributed by atoms with Crippen LogP contribution in [0.3, 0.4) is 0 Å². The SMILES string of the molecule is CCCCc1nc(Cl)c(CO)n1Cc1ccc(-c2ccccc2-c2nnn(COC(=O)OCCCCO[N+](=O)[O-])n2)cc1. The van der Waals surface area contributed by atoms with Crippen molar-refractivity contribution < 1.29 is 29.3 Å². The highest BCUT2D eigenvalue weighted by Crippen LogP contribution is 2.30. The first-order valence-corrected chi connectivity index (χ1v) is 14.1. The monoisotopic (exact) mass is 613 g/mol. The smallest absolute Gasteiger partial charge is 0.434 e. The summed E-state index contributed by atoms with van der Waals surface area (Å²) < 4.78 is 11.9. The highest BCUT2D eigenvalue weighted by atomic mass is 35.5. The first kappa shape index (κ1) is 31.4. The molecule has 2 aromatic heterocycles. The van der Waals surface area contributed by atoms with Gasteiger partial charge in [-0.2, -0.15) is 0 Å². The molecular weight excluding hydrogens is 582 g/mol. The topological polar surface area (TPSA) is 170 Å². The molecule has 14 nitrogen and oxygen atoms in total. The predicted octanol–water partition coefficient (Wildman–Crippen LogP) is 4.84. The van der Waals surface area contributed by atoms with Crippen molar-refractivity contribution in [1.29, 1.82) is 0 Å². The van der Waals surface area contributed by atoms with Gasteiger partial charge in [0.2, 0.25) is 12.6 Å². The predicted molar refractivity (Wildman–Crippen MR) is 154 cm³/mol. The van der Waals surface area contributed by atoms with Crippen LogP contribution in [0.4, 0.5) is 4.79 Å². The van der Waals surface area contributed by atoms with Gasteiger partial charge in [-0.3, -0.25) is 0 Å². The zero-order valence-corrected chi connectivity index (χ0v) is 24.4. The van der Waals surface area contributed by atoms with E-state index >= 15 is 0 Å². The summed E-state index contributed by atoms with van der Waals surface area (Å²) in [5.74, 6) is 1.21. The average Bonchev–Trinajstić information content (AvgIpc) is 3.60. The van der Waals surface area contributed by atoms with Crippen LogP contribution in [-0.2, 0) is 40.6 Å². The van der Waals surface area contributed by atoms with Crippen LogP contribution >= 0.6 is 11.6 Å². The van der Waals surface area contributed by atoms with E-state index < -0.39 is 11.2 Å². The fourth-order valence-electron chi connectivity index (χ4n) is 4.33. The van der Waals surface area contributed by atoms with E-state index in [1.165, 1.54) is 0 Å². The Kier molecular flexibility index (Phi) is 11.4. The third-order valence-electron chi connectivity index (χ3n) is 6.49. The van der Waals surface area contributed by atoms with Crippen molar-refractivity contribution in [2.45, 2.75) is 58.9 Å². The van der Waals surface area contributed by atoms with E-state index in [4.69, 9.17) is 21.1 Å². The fraction of sp³-hybridized carbons (Fsp3) is 0.393. The molecule has 0 radical (unpaired) electrons. The molecule has 0 saturated heterocycles. The lowest BCUT2D eigenvalue weighted by Crippen LogP contribution is -2.14. The van der Waals surface area contributed by atoms with Gasteiger partial charge in [-0.15, -0.1) is 25.1 Å². The van der Waals surface area contributed by atoms with Crippen LogP contribution in [0.2, 0.25) is 5.15 Å². The van der Waals surface area contributed by atoms with E-state index in [1.807, 2.05) is 53.1 Å². The highest BCUT2D eigenvalue weighted by molar-refractivity contribution is 6.30. The number of aliphatic hydroxyl groups excluding tert-OH is 1. The van der Waals surface area contributed by atoms with E-state index in [9.17, 15) is 20.0 Å². The van der Waals surface area contributed by atoms with E-state index in [2.05, 4.69) is 32.2 Å². The van der Waals surface area contributed by atoms with Gasteiger partial charge < -0.3 is 24.0 Å². The molecule has 4 rings (SSSR count). The van der Waals surface area contributed by atoms with Gasteiger partial charge in [-0.05, 0) is 41.2 Å². The summed E-state index contributed by atoms with van der Waals surface area (Å²) in [5, 5.41) is 31.9. The maximum atomic E-state index is 11.8. The normalized spacial score (nSPS) is 11.0. The summed E-state index contributed by atoms with van der Waals surface area (Å²) in [5.41, 5.74) is 4.21. The van der Waals surface area contributed by atoms with Gasteiger partial charge in [0.25, 0.3) is 5.09 Å². The number of rotatable bonds is 16. The first-order valence-electron chi connectivity index (χ1n) is 13.8. The molecule has 0 aliphatic carbocycles. The molecule has 43 heavy (non-hydrogen) atoms. The number of ether oxygens (including phenoxy) is 2. The second-order valence-corrected chi connectivity index (χ2v) is 9.84. The Labute approximate surface area is 252 Å². The number of hydrogen-bond acceptors (Lipinski definition) is 11. The molecule has 4 aromatic rings. The van der Waals surface area contributed by atoms with Crippen LogP contribution in [0.15, 0.2) is 48.5 Å². The number of carbonyl (C=O) groups excluding carboxylic acids is 1. The van der Waals surface area contributed by atoms with Crippen LogP contribution in [0.1, 0.15) is 49.7 Å². The minimum Gasteiger partial charge on any atom is -0.434 e. The van der Waals surface area contributed by atoms with Gasteiger partial charge in [0.1, 0.15) is 5.82 Å². The summed E-state index contributed by atoms with van der Waals surface area (Å²) in [7, 11) is 0. The first-order chi connectivity index (χ1) is 20.9. The van der Waals surface area contributed by atoms with Crippen molar-refractivity contribution in [3.63, 3.8) is 0 Å².